The third-order valence-electron chi connectivity index (χ3n) is 5.43. The number of carbonyl (C=O) groups excluding carboxylic acids is 2. The first-order valence-corrected chi connectivity index (χ1v) is 11.9. The number of halogens is 3. The molecule has 0 aliphatic carbocycles. The van der Waals surface area contributed by atoms with Gasteiger partial charge in [0.05, 0.1) is 6.04 Å². The van der Waals surface area contributed by atoms with Crippen LogP contribution in [0.25, 0.3) is 0 Å². The average molecular weight is 579 g/mol. The van der Waals surface area contributed by atoms with E-state index < -0.39 is 23.7 Å². The molecule has 1 atom stereocenters. The lowest BCUT2D eigenvalue weighted by Gasteiger charge is -2.16. The van der Waals surface area contributed by atoms with Crippen LogP contribution in [0.15, 0.2) is 53.5 Å². The highest BCUT2D eigenvalue weighted by molar-refractivity contribution is 5.76. The van der Waals surface area contributed by atoms with Gasteiger partial charge in [-0.05, 0) is 38.0 Å². The summed E-state index contributed by atoms with van der Waals surface area (Å²) in [6.45, 7) is 5.36. The number of benzene rings is 1. The highest BCUT2D eigenvalue weighted by atomic mass is 19.4. The lowest BCUT2D eigenvalue weighted by molar-refractivity contribution is -0.192. The summed E-state index contributed by atoms with van der Waals surface area (Å²) in [6, 6.07) is 12.1. The Morgan fingerprint density at radius 1 is 1.10 bits per heavy atom. The van der Waals surface area contributed by atoms with Crippen LogP contribution < -0.4 is 32.8 Å². The van der Waals surface area contributed by atoms with Crippen LogP contribution in [-0.2, 0) is 22.7 Å². The number of amides is 3. The van der Waals surface area contributed by atoms with E-state index in [0.29, 0.717) is 11.5 Å². The number of nitrogen functional groups attached to an aromatic ring is 1. The van der Waals surface area contributed by atoms with Crippen LogP contribution >= 0.6 is 0 Å². The highest BCUT2D eigenvalue weighted by Crippen LogP contribution is 2.13. The molecule has 13 nitrogen and oxygen atoms in total. The van der Waals surface area contributed by atoms with Crippen molar-refractivity contribution in [3.8, 4) is 0 Å². The molecule has 3 amide bonds. The molecule has 3 aromatic rings. The number of urea groups is 1. The van der Waals surface area contributed by atoms with Gasteiger partial charge in [0.1, 0.15) is 12.4 Å². The lowest BCUT2D eigenvalue weighted by Crippen LogP contribution is -2.42. The molecule has 0 spiro atoms. The Morgan fingerprint density at radius 3 is 2.32 bits per heavy atom. The van der Waals surface area contributed by atoms with Crippen LogP contribution in [0.1, 0.15) is 35.5 Å². The molecule has 0 saturated carbocycles. The summed E-state index contributed by atoms with van der Waals surface area (Å²) in [5, 5.41) is 12.7. The maximum absolute atomic E-state index is 12.8. The molecule has 41 heavy (non-hydrogen) atoms. The SMILES string of the molecule is Cc1nc(N)ccc1CNC(=O)Cn1c(C)cnc(NNC(=O)N[C@@H](C)c2ccccc2)c1=O.O=C(O)C(F)(F)F. The number of hydrazine groups is 1. The number of carbonyl (C=O) groups is 3. The van der Waals surface area contributed by atoms with Crippen LogP contribution in [-0.4, -0.2) is 43.7 Å². The zero-order chi connectivity index (χ0) is 30.7. The fourth-order valence-electron chi connectivity index (χ4n) is 3.22. The normalized spacial score (nSPS) is 11.4. The van der Waals surface area contributed by atoms with E-state index in [9.17, 15) is 27.6 Å². The summed E-state index contributed by atoms with van der Waals surface area (Å²) in [5.41, 5.74) is 13.0. The van der Waals surface area contributed by atoms with Crippen molar-refractivity contribution in [1.29, 1.82) is 0 Å². The topological polar surface area (TPSA) is 193 Å². The number of aromatic nitrogens is 3. The number of aryl methyl sites for hydroxylation is 2. The van der Waals surface area contributed by atoms with E-state index >= 15 is 0 Å². The van der Waals surface area contributed by atoms with E-state index in [1.165, 1.54) is 10.8 Å². The van der Waals surface area contributed by atoms with Crippen molar-refractivity contribution in [1.82, 2.24) is 30.6 Å². The Kier molecular flexibility index (Phi) is 11.2. The molecule has 7 N–H and O–H groups in total. The molecule has 0 aliphatic rings. The number of nitrogens with zero attached hydrogens (tertiary/aromatic N) is 3. The second-order valence-electron chi connectivity index (χ2n) is 8.56. The summed E-state index contributed by atoms with van der Waals surface area (Å²) in [5.74, 6) is -2.82. The number of hydrogen-bond acceptors (Lipinski definition) is 8. The minimum atomic E-state index is -5.08. The minimum absolute atomic E-state index is 0.112. The first-order chi connectivity index (χ1) is 19.2. The van der Waals surface area contributed by atoms with Gasteiger partial charge >= 0.3 is 18.2 Å². The van der Waals surface area contributed by atoms with Crippen molar-refractivity contribution < 1.29 is 32.7 Å². The van der Waals surface area contributed by atoms with Crippen molar-refractivity contribution in [3.05, 3.63) is 81.5 Å². The van der Waals surface area contributed by atoms with Crippen molar-refractivity contribution in [3.63, 3.8) is 0 Å². The number of aliphatic carboxylic acids is 1. The fourth-order valence-corrected chi connectivity index (χ4v) is 3.22. The van der Waals surface area contributed by atoms with Crippen molar-refractivity contribution in [2.45, 2.75) is 46.1 Å². The summed E-state index contributed by atoms with van der Waals surface area (Å²) in [6.07, 6.45) is -3.64. The summed E-state index contributed by atoms with van der Waals surface area (Å²) in [7, 11) is 0. The number of nitrogens with one attached hydrogen (secondary N) is 4. The van der Waals surface area contributed by atoms with Gasteiger partial charge in [-0.2, -0.15) is 13.2 Å². The Balaban J connectivity index is 0.000000745. The number of anilines is 2. The summed E-state index contributed by atoms with van der Waals surface area (Å²) in [4.78, 5) is 54.6. The molecular formula is C25H29F3N8O5. The Morgan fingerprint density at radius 2 is 1.73 bits per heavy atom. The first-order valence-electron chi connectivity index (χ1n) is 11.9. The number of rotatable bonds is 8. The third-order valence-corrected chi connectivity index (χ3v) is 5.43. The molecule has 2 aromatic heterocycles. The molecule has 220 valence electrons. The number of carboxylic acid groups (broad SMARTS) is 1. The minimum Gasteiger partial charge on any atom is -0.475 e. The van der Waals surface area contributed by atoms with Crippen LogP contribution in [0.2, 0.25) is 0 Å². The van der Waals surface area contributed by atoms with E-state index in [1.54, 1.807) is 26.0 Å². The zero-order valence-corrected chi connectivity index (χ0v) is 22.2. The molecule has 16 heteroatoms. The second-order valence-corrected chi connectivity index (χ2v) is 8.56. The summed E-state index contributed by atoms with van der Waals surface area (Å²) < 4.78 is 33.0. The predicted octanol–water partition coefficient (Wildman–Crippen LogP) is 2.17. The van der Waals surface area contributed by atoms with Crippen LogP contribution in [0.3, 0.4) is 0 Å². The molecule has 0 fully saturated rings. The number of nitrogens with two attached hydrogens (primary N) is 1. The smallest absolute Gasteiger partial charge is 0.475 e. The monoisotopic (exact) mass is 578 g/mol. The van der Waals surface area contributed by atoms with Gasteiger partial charge in [0, 0.05) is 24.1 Å². The van der Waals surface area contributed by atoms with Gasteiger partial charge in [0.25, 0.3) is 5.56 Å². The van der Waals surface area contributed by atoms with Gasteiger partial charge in [-0.25, -0.2) is 19.6 Å². The molecule has 2 heterocycles. The Hall–Kier alpha value is -5.15. The van der Waals surface area contributed by atoms with Crippen molar-refractivity contribution >= 4 is 29.5 Å². The Bertz CT molecular complexity index is 1430. The predicted molar refractivity (Wildman–Crippen MR) is 142 cm³/mol. The molecule has 0 radical (unpaired) electrons. The van der Waals surface area contributed by atoms with E-state index in [4.69, 9.17) is 15.6 Å². The van der Waals surface area contributed by atoms with Crippen molar-refractivity contribution in [2.24, 2.45) is 0 Å². The summed E-state index contributed by atoms with van der Waals surface area (Å²) >= 11 is 0. The van der Waals surface area contributed by atoms with Crippen molar-refractivity contribution in [2.75, 3.05) is 11.2 Å². The lowest BCUT2D eigenvalue weighted by atomic mass is 10.1. The first kappa shape index (κ1) is 32.1. The van der Waals surface area contributed by atoms with E-state index in [0.717, 1.165) is 16.8 Å². The number of alkyl halides is 3. The molecular weight excluding hydrogens is 549 g/mol. The second kappa shape index (κ2) is 14.3. The number of hydrogen-bond donors (Lipinski definition) is 6. The Labute approximate surface area is 232 Å². The zero-order valence-electron chi connectivity index (χ0n) is 22.2. The molecule has 0 aliphatic heterocycles. The molecule has 0 unspecified atom stereocenters. The third kappa shape index (κ3) is 10.2. The average Bonchev–Trinajstić information content (AvgIpc) is 2.90. The van der Waals surface area contributed by atoms with Gasteiger partial charge < -0.3 is 21.5 Å². The number of carboxylic acids is 1. The molecule has 1 aromatic carbocycles. The maximum atomic E-state index is 12.8. The van der Waals surface area contributed by atoms with Gasteiger partial charge in [-0.1, -0.05) is 36.4 Å². The standard InChI is InChI=1S/C23H28N8O3.C2HF3O2/c1-14-11-26-21(29-30-23(34)28-15(2)17-7-5-4-6-8-17)22(33)31(14)13-20(32)25-12-18-9-10-19(24)27-16(18)3;3-2(4,5)1(6)7/h4-11,15H,12-13H2,1-3H3,(H2,24,27)(H,25,32)(H,26,29)(H2,28,30,34);(H,6,7)/t15-;/m0./s1. The van der Waals surface area contributed by atoms with Crippen LogP contribution in [0, 0.1) is 13.8 Å². The fraction of sp³-hybridized carbons (Fsp3) is 0.280. The van der Waals surface area contributed by atoms with E-state index in [-0.39, 0.29) is 30.9 Å². The quantitative estimate of drug-likeness (QED) is 0.217. The van der Waals surface area contributed by atoms with Crippen LogP contribution in [0.5, 0.6) is 0 Å². The van der Waals surface area contributed by atoms with E-state index in [2.05, 4.69) is 31.5 Å². The van der Waals surface area contributed by atoms with E-state index in [1.807, 2.05) is 37.3 Å². The van der Waals surface area contributed by atoms with Crippen LogP contribution in [0.4, 0.5) is 29.6 Å². The maximum Gasteiger partial charge on any atom is 0.490 e. The molecule has 3 rings (SSSR count). The number of pyridine rings is 1. The highest BCUT2D eigenvalue weighted by Gasteiger charge is 2.38. The van der Waals surface area contributed by atoms with Gasteiger partial charge in [-0.15, -0.1) is 0 Å². The molecule has 0 bridgehead atoms. The van der Waals surface area contributed by atoms with Gasteiger partial charge in [-0.3, -0.25) is 25.0 Å². The largest absolute Gasteiger partial charge is 0.490 e. The molecule has 0 saturated heterocycles. The van der Waals surface area contributed by atoms with Gasteiger partial charge in [0.15, 0.2) is 0 Å². The van der Waals surface area contributed by atoms with Gasteiger partial charge in [0.2, 0.25) is 11.7 Å².